The number of aliphatic imine (C=N–C) groups is 1. The van der Waals surface area contributed by atoms with Crippen molar-refractivity contribution in [3.63, 3.8) is 0 Å². The van der Waals surface area contributed by atoms with Gasteiger partial charge in [-0.3, -0.25) is 4.99 Å². The molecule has 0 amide bonds. The van der Waals surface area contributed by atoms with E-state index >= 15 is 0 Å². The molecule has 0 saturated carbocycles. The summed E-state index contributed by atoms with van der Waals surface area (Å²) in [6.07, 6.45) is 1.93. The molecule has 0 saturated heterocycles. The smallest absolute Gasteiger partial charge is 0.225 e. The lowest BCUT2D eigenvalue weighted by Gasteiger charge is -2.08. The van der Waals surface area contributed by atoms with Gasteiger partial charge >= 0.3 is 0 Å². The highest BCUT2D eigenvalue weighted by atomic mass is 15.0. The van der Waals surface area contributed by atoms with Crippen LogP contribution in [0.2, 0.25) is 0 Å². The van der Waals surface area contributed by atoms with E-state index in [1.54, 1.807) is 0 Å². The largest absolute Gasteiger partial charge is 0.290 e. The topological polar surface area (TPSA) is 15.4 Å². The Balaban J connectivity index is 3.35. The van der Waals surface area contributed by atoms with E-state index in [0.717, 1.165) is 0 Å². The molecule has 1 aromatic carbocycles. The van der Waals surface area contributed by atoms with Crippen molar-refractivity contribution in [2.75, 3.05) is 14.1 Å². The third-order valence-electron chi connectivity index (χ3n) is 2.83. The molecular weight excluding hydrogens is 196 g/mol. The van der Waals surface area contributed by atoms with Crippen molar-refractivity contribution in [3.05, 3.63) is 35.4 Å². The van der Waals surface area contributed by atoms with Crippen molar-refractivity contribution in [1.82, 2.24) is 0 Å². The van der Waals surface area contributed by atoms with Gasteiger partial charge in [0.15, 0.2) is 0 Å². The first-order valence-electron chi connectivity index (χ1n) is 5.66. The number of rotatable bonds is 3. The second-order valence-corrected chi connectivity index (χ2v) is 4.29. The van der Waals surface area contributed by atoms with Crippen LogP contribution < -0.4 is 0 Å². The molecule has 0 N–H and O–H groups in total. The van der Waals surface area contributed by atoms with Crippen molar-refractivity contribution < 1.29 is 4.58 Å². The highest BCUT2D eigenvalue weighted by Crippen LogP contribution is 2.08. The molecule has 1 aromatic rings. The molecular formula is C14H21N2+. The standard InChI is InChI=1S/C14H21N2/c1-11(2)16(5)14(10-15-4)13-9-7-6-8-12(13)3/h6-11H,1-5H3/q+1. The molecule has 0 unspecified atom stereocenters. The highest BCUT2D eigenvalue weighted by Gasteiger charge is 2.15. The Hall–Kier alpha value is -1.44. The predicted molar refractivity (Wildman–Crippen MR) is 71.0 cm³/mol. The van der Waals surface area contributed by atoms with Crippen LogP contribution in [0, 0.1) is 6.92 Å². The molecule has 0 atom stereocenters. The average molecular weight is 217 g/mol. The lowest BCUT2D eigenvalue weighted by atomic mass is 10.0. The highest BCUT2D eigenvalue weighted by molar-refractivity contribution is 6.36. The summed E-state index contributed by atoms with van der Waals surface area (Å²) in [5.41, 5.74) is 3.71. The maximum atomic E-state index is 4.15. The van der Waals surface area contributed by atoms with Gasteiger partial charge in [-0.1, -0.05) is 18.2 Å². The van der Waals surface area contributed by atoms with Gasteiger partial charge in [-0.2, -0.15) is 0 Å². The average Bonchev–Trinajstić information content (AvgIpc) is 2.26. The van der Waals surface area contributed by atoms with Crippen LogP contribution in [0.15, 0.2) is 29.3 Å². The Kier molecular flexibility index (Phi) is 4.41. The molecule has 0 aliphatic carbocycles. The molecule has 0 radical (unpaired) electrons. The molecule has 1 rings (SSSR count). The second kappa shape index (κ2) is 5.59. The van der Waals surface area contributed by atoms with Gasteiger partial charge in [-0.15, -0.1) is 0 Å². The summed E-state index contributed by atoms with van der Waals surface area (Å²) in [4.78, 5) is 4.15. The van der Waals surface area contributed by atoms with Gasteiger partial charge in [0.1, 0.15) is 13.1 Å². The third-order valence-corrected chi connectivity index (χ3v) is 2.83. The number of benzene rings is 1. The molecule has 2 heteroatoms. The lowest BCUT2D eigenvalue weighted by Crippen LogP contribution is -2.26. The fourth-order valence-corrected chi connectivity index (χ4v) is 1.61. The summed E-state index contributed by atoms with van der Waals surface area (Å²) < 4.78 is 2.25. The molecule has 0 spiro atoms. The minimum absolute atomic E-state index is 0.465. The fraction of sp³-hybridized carbons (Fsp3) is 0.429. The predicted octanol–water partition coefficient (Wildman–Crippen LogP) is 2.54. The summed E-state index contributed by atoms with van der Waals surface area (Å²) >= 11 is 0. The Labute approximate surface area is 98.4 Å². The third kappa shape index (κ3) is 2.78. The van der Waals surface area contributed by atoms with E-state index in [1.807, 2.05) is 13.3 Å². The molecule has 86 valence electrons. The van der Waals surface area contributed by atoms with Crippen molar-refractivity contribution >= 4 is 11.9 Å². The summed E-state index contributed by atoms with van der Waals surface area (Å²) in [6, 6.07) is 8.88. The Bertz CT molecular complexity index is 414. The molecule has 0 fully saturated rings. The molecule has 0 bridgehead atoms. The number of aryl methyl sites for hydroxylation is 1. The molecule has 0 heterocycles. The van der Waals surface area contributed by atoms with E-state index in [1.165, 1.54) is 16.8 Å². The van der Waals surface area contributed by atoms with E-state index < -0.39 is 0 Å². The first-order chi connectivity index (χ1) is 7.57. The van der Waals surface area contributed by atoms with Crippen LogP contribution in [0.4, 0.5) is 0 Å². The first-order valence-corrected chi connectivity index (χ1v) is 5.66. The maximum Gasteiger partial charge on any atom is 0.225 e. The van der Waals surface area contributed by atoms with Gasteiger partial charge in [0, 0.05) is 7.05 Å². The van der Waals surface area contributed by atoms with Gasteiger partial charge < -0.3 is 0 Å². The van der Waals surface area contributed by atoms with E-state index in [2.05, 4.69) is 61.7 Å². The van der Waals surface area contributed by atoms with E-state index in [4.69, 9.17) is 0 Å². The quantitative estimate of drug-likeness (QED) is 0.546. The van der Waals surface area contributed by atoms with Crippen molar-refractivity contribution in [2.24, 2.45) is 4.99 Å². The molecule has 0 aromatic heterocycles. The SMILES string of the molecule is CN=CC(c1ccccc1C)=[N+](C)C(C)C. The molecule has 2 nitrogen and oxygen atoms in total. The second-order valence-electron chi connectivity index (χ2n) is 4.29. The monoisotopic (exact) mass is 217 g/mol. The summed E-state index contributed by atoms with van der Waals surface area (Å²) in [5, 5.41) is 0. The van der Waals surface area contributed by atoms with Crippen LogP contribution in [0.25, 0.3) is 0 Å². The van der Waals surface area contributed by atoms with Gasteiger partial charge in [0.25, 0.3) is 0 Å². The molecule has 0 aliphatic heterocycles. The van der Waals surface area contributed by atoms with Crippen LogP contribution >= 0.6 is 0 Å². The summed E-state index contributed by atoms with van der Waals surface area (Å²) in [5.74, 6) is 0. The lowest BCUT2D eigenvalue weighted by molar-refractivity contribution is -0.527. The zero-order valence-corrected chi connectivity index (χ0v) is 10.9. The Morgan fingerprint density at radius 1 is 1.31 bits per heavy atom. The minimum Gasteiger partial charge on any atom is -0.290 e. The fourth-order valence-electron chi connectivity index (χ4n) is 1.61. The van der Waals surface area contributed by atoms with Crippen LogP contribution in [-0.4, -0.2) is 36.6 Å². The van der Waals surface area contributed by atoms with Crippen molar-refractivity contribution in [1.29, 1.82) is 0 Å². The van der Waals surface area contributed by atoms with Crippen molar-refractivity contribution in [3.8, 4) is 0 Å². The number of nitrogens with zero attached hydrogens (tertiary/aromatic N) is 2. The van der Waals surface area contributed by atoms with E-state index in [-0.39, 0.29) is 0 Å². The van der Waals surface area contributed by atoms with E-state index in [9.17, 15) is 0 Å². The van der Waals surface area contributed by atoms with Gasteiger partial charge in [0.2, 0.25) is 5.71 Å². The zero-order chi connectivity index (χ0) is 12.1. The van der Waals surface area contributed by atoms with Crippen LogP contribution in [0.3, 0.4) is 0 Å². The van der Waals surface area contributed by atoms with Crippen LogP contribution in [0.5, 0.6) is 0 Å². The van der Waals surface area contributed by atoms with Crippen LogP contribution in [0.1, 0.15) is 25.0 Å². The Morgan fingerprint density at radius 2 is 1.94 bits per heavy atom. The maximum absolute atomic E-state index is 4.15. The number of hydrogen-bond donors (Lipinski definition) is 0. The minimum atomic E-state index is 0.465. The normalized spacial score (nSPS) is 13.4. The molecule has 0 aliphatic rings. The van der Waals surface area contributed by atoms with Crippen molar-refractivity contribution in [2.45, 2.75) is 26.8 Å². The van der Waals surface area contributed by atoms with Crippen LogP contribution in [-0.2, 0) is 0 Å². The summed E-state index contributed by atoms with van der Waals surface area (Å²) in [7, 11) is 3.92. The van der Waals surface area contributed by atoms with Gasteiger partial charge in [0.05, 0.1) is 11.8 Å². The Morgan fingerprint density at radius 3 is 2.44 bits per heavy atom. The summed E-state index contributed by atoms with van der Waals surface area (Å²) in [6.45, 7) is 6.50. The number of hydrogen-bond acceptors (Lipinski definition) is 1. The van der Waals surface area contributed by atoms with E-state index in [0.29, 0.717) is 6.04 Å². The molecule has 16 heavy (non-hydrogen) atoms. The first kappa shape index (κ1) is 12.6. The van der Waals surface area contributed by atoms with Gasteiger partial charge in [-0.05, 0) is 32.4 Å². The zero-order valence-electron chi connectivity index (χ0n) is 10.9. The van der Waals surface area contributed by atoms with Gasteiger partial charge in [-0.25, -0.2) is 4.58 Å².